The van der Waals surface area contributed by atoms with E-state index < -0.39 is 5.91 Å². The number of para-hydroxylation sites is 1. The highest BCUT2D eigenvalue weighted by molar-refractivity contribution is 5.83. The number of ether oxygens (including phenoxy) is 2. The Kier molecular flexibility index (Phi) is 6.30. The van der Waals surface area contributed by atoms with E-state index in [1.165, 1.54) is 16.4 Å². The van der Waals surface area contributed by atoms with Gasteiger partial charge in [-0.3, -0.25) is 10.0 Å². The van der Waals surface area contributed by atoms with Crippen molar-refractivity contribution < 1.29 is 19.5 Å². The van der Waals surface area contributed by atoms with Crippen LogP contribution in [0.1, 0.15) is 11.1 Å². The summed E-state index contributed by atoms with van der Waals surface area (Å²) in [5.41, 5.74) is 4.96. The first-order valence-electron chi connectivity index (χ1n) is 8.69. The number of H-pyrrole nitrogens is 1. The molecule has 0 spiro atoms. The lowest BCUT2D eigenvalue weighted by Crippen LogP contribution is -2.25. The maximum Gasteiger partial charge on any atom is 0.281 e. The fraction of sp³-hybridized carbons (Fsp3) is 0.250. The van der Waals surface area contributed by atoms with Gasteiger partial charge in [-0.2, -0.15) is 0 Å². The average molecular weight is 369 g/mol. The quantitative estimate of drug-likeness (QED) is 0.264. The zero-order chi connectivity index (χ0) is 19.1. The summed E-state index contributed by atoms with van der Waals surface area (Å²) in [6.07, 6.45) is 2.98. The van der Waals surface area contributed by atoms with Crippen LogP contribution in [0.3, 0.4) is 0 Å². The fourth-order valence-corrected chi connectivity index (χ4v) is 2.93. The van der Waals surface area contributed by atoms with Crippen LogP contribution in [-0.2, 0) is 17.8 Å². The van der Waals surface area contributed by atoms with E-state index in [-0.39, 0.29) is 6.61 Å². The van der Waals surface area contributed by atoms with Crippen molar-refractivity contribution >= 4 is 16.8 Å². The molecule has 1 amide bonds. The normalized spacial score (nSPS) is 10.7. The summed E-state index contributed by atoms with van der Waals surface area (Å²) in [5, 5.41) is 13.2. The standard InChI is InChI=1S/C20H23N3O4/c1-26-19-10-16(27-13-20(24)23-25)7-6-15(19)11-21-9-8-14-12-22-18-5-3-2-4-17(14)18/h2-7,10,12,21-22,25H,8-9,11,13H2,1H3,(H,23,24). The molecule has 0 aliphatic carbocycles. The first-order chi connectivity index (χ1) is 13.2. The number of fused-ring (bicyclic) bond motifs is 1. The summed E-state index contributed by atoms with van der Waals surface area (Å²) in [7, 11) is 1.59. The summed E-state index contributed by atoms with van der Waals surface area (Å²) >= 11 is 0. The van der Waals surface area contributed by atoms with Crippen molar-refractivity contribution in [3.63, 3.8) is 0 Å². The van der Waals surface area contributed by atoms with Crippen LogP contribution < -0.4 is 20.3 Å². The minimum absolute atomic E-state index is 0.262. The molecule has 0 saturated carbocycles. The number of methoxy groups -OCH3 is 1. The molecule has 0 unspecified atom stereocenters. The third-order valence-corrected chi connectivity index (χ3v) is 4.31. The minimum atomic E-state index is -0.614. The average Bonchev–Trinajstić information content (AvgIpc) is 3.13. The molecule has 7 nitrogen and oxygen atoms in total. The molecule has 3 aromatic rings. The molecule has 2 aromatic carbocycles. The number of aromatic nitrogens is 1. The van der Waals surface area contributed by atoms with E-state index >= 15 is 0 Å². The maximum atomic E-state index is 11.0. The SMILES string of the molecule is COc1cc(OCC(=O)NO)ccc1CNCCc1c[nH]c2ccccc12. The summed E-state index contributed by atoms with van der Waals surface area (Å²) in [6.45, 7) is 1.23. The maximum absolute atomic E-state index is 11.0. The molecule has 0 fully saturated rings. The van der Waals surface area contributed by atoms with Crippen LogP contribution >= 0.6 is 0 Å². The summed E-state index contributed by atoms with van der Waals surface area (Å²) < 4.78 is 10.7. The van der Waals surface area contributed by atoms with Crippen LogP contribution in [-0.4, -0.2) is 36.4 Å². The molecular weight excluding hydrogens is 346 g/mol. The van der Waals surface area contributed by atoms with Crippen LogP contribution in [0, 0.1) is 0 Å². The third-order valence-electron chi connectivity index (χ3n) is 4.31. The first-order valence-corrected chi connectivity index (χ1v) is 8.69. The lowest BCUT2D eigenvalue weighted by molar-refractivity contribution is -0.131. The Hall–Kier alpha value is -3.03. The largest absolute Gasteiger partial charge is 0.496 e. The Labute approximate surface area is 157 Å². The van der Waals surface area contributed by atoms with Gasteiger partial charge in [0.25, 0.3) is 5.91 Å². The molecule has 0 saturated heterocycles. The minimum Gasteiger partial charge on any atom is -0.496 e. The van der Waals surface area contributed by atoms with E-state index in [1.807, 2.05) is 18.2 Å². The van der Waals surface area contributed by atoms with Gasteiger partial charge in [0.2, 0.25) is 0 Å². The van der Waals surface area contributed by atoms with Gasteiger partial charge in [-0.1, -0.05) is 24.3 Å². The number of amides is 1. The predicted octanol–water partition coefficient (Wildman–Crippen LogP) is 2.39. The van der Waals surface area contributed by atoms with Gasteiger partial charge in [-0.05, 0) is 30.7 Å². The van der Waals surface area contributed by atoms with E-state index in [1.54, 1.807) is 19.2 Å². The molecule has 0 aliphatic rings. The number of hydrogen-bond acceptors (Lipinski definition) is 5. The molecular formula is C20H23N3O4. The molecule has 3 rings (SSSR count). The van der Waals surface area contributed by atoms with Gasteiger partial charge in [0, 0.05) is 35.3 Å². The molecule has 1 heterocycles. The van der Waals surface area contributed by atoms with Crippen LogP contribution in [0.15, 0.2) is 48.7 Å². The lowest BCUT2D eigenvalue weighted by atomic mass is 10.1. The number of carbonyl (C=O) groups is 1. The zero-order valence-electron chi connectivity index (χ0n) is 15.1. The van der Waals surface area contributed by atoms with Gasteiger partial charge in [0.15, 0.2) is 6.61 Å². The van der Waals surface area contributed by atoms with Gasteiger partial charge in [-0.15, -0.1) is 0 Å². The molecule has 7 heteroatoms. The molecule has 0 aliphatic heterocycles. The molecule has 0 atom stereocenters. The van der Waals surface area contributed by atoms with Gasteiger partial charge in [0.1, 0.15) is 11.5 Å². The topological polar surface area (TPSA) is 95.6 Å². The van der Waals surface area contributed by atoms with Crippen molar-refractivity contribution in [3.05, 3.63) is 59.8 Å². The van der Waals surface area contributed by atoms with E-state index in [4.69, 9.17) is 14.7 Å². The highest BCUT2D eigenvalue weighted by atomic mass is 16.5. The van der Waals surface area contributed by atoms with Crippen LogP contribution in [0.4, 0.5) is 0 Å². The molecule has 4 N–H and O–H groups in total. The molecule has 0 radical (unpaired) electrons. The number of aromatic amines is 1. The highest BCUT2D eigenvalue weighted by Crippen LogP contribution is 2.25. The van der Waals surface area contributed by atoms with E-state index in [2.05, 4.69) is 28.6 Å². The van der Waals surface area contributed by atoms with Crippen molar-refractivity contribution in [2.75, 3.05) is 20.3 Å². The van der Waals surface area contributed by atoms with Crippen molar-refractivity contribution in [3.8, 4) is 11.5 Å². The van der Waals surface area contributed by atoms with Gasteiger partial charge < -0.3 is 19.8 Å². The third kappa shape index (κ3) is 4.78. The second-order valence-corrected chi connectivity index (χ2v) is 6.08. The van der Waals surface area contributed by atoms with Crippen molar-refractivity contribution in [1.29, 1.82) is 0 Å². The first kappa shape index (κ1) is 18.8. The molecule has 1 aromatic heterocycles. The smallest absolute Gasteiger partial charge is 0.281 e. The van der Waals surface area contributed by atoms with Crippen LogP contribution in [0.25, 0.3) is 10.9 Å². The number of benzene rings is 2. The van der Waals surface area contributed by atoms with E-state index in [9.17, 15) is 4.79 Å². The molecule has 27 heavy (non-hydrogen) atoms. The Bertz CT molecular complexity index is 907. The van der Waals surface area contributed by atoms with E-state index in [0.29, 0.717) is 18.0 Å². The van der Waals surface area contributed by atoms with Crippen molar-refractivity contribution in [2.45, 2.75) is 13.0 Å². The number of nitrogens with one attached hydrogen (secondary N) is 3. The number of hydroxylamine groups is 1. The zero-order valence-corrected chi connectivity index (χ0v) is 15.1. The van der Waals surface area contributed by atoms with Gasteiger partial charge in [-0.25, -0.2) is 5.48 Å². The number of hydrogen-bond donors (Lipinski definition) is 4. The Morgan fingerprint density at radius 3 is 2.85 bits per heavy atom. The molecule has 0 bridgehead atoms. The van der Waals surface area contributed by atoms with Crippen LogP contribution in [0.5, 0.6) is 11.5 Å². The number of rotatable bonds is 9. The fourth-order valence-electron chi connectivity index (χ4n) is 2.93. The van der Waals surface area contributed by atoms with E-state index in [0.717, 1.165) is 24.0 Å². The summed E-state index contributed by atoms with van der Waals surface area (Å²) in [5.74, 6) is 0.562. The van der Waals surface area contributed by atoms with Crippen molar-refractivity contribution in [2.24, 2.45) is 0 Å². The number of carbonyl (C=O) groups excluding carboxylic acids is 1. The highest BCUT2D eigenvalue weighted by Gasteiger charge is 2.08. The second-order valence-electron chi connectivity index (χ2n) is 6.08. The van der Waals surface area contributed by atoms with Gasteiger partial charge in [0.05, 0.1) is 7.11 Å². The summed E-state index contributed by atoms with van der Waals surface area (Å²) in [4.78, 5) is 14.3. The monoisotopic (exact) mass is 369 g/mol. The van der Waals surface area contributed by atoms with Gasteiger partial charge >= 0.3 is 0 Å². The molecule has 142 valence electrons. The Balaban J connectivity index is 1.53. The lowest BCUT2D eigenvalue weighted by Gasteiger charge is -2.12. The summed E-state index contributed by atoms with van der Waals surface area (Å²) in [6, 6.07) is 13.7. The van der Waals surface area contributed by atoms with Crippen molar-refractivity contribution in [1.82, 2.24) is 15.8 Å². The predicted molar refractivity (Wildman–Crippen MR) is 102 cm³/mol. The second kappa shape index (κ2) is 9.07. The Morgan fingerprint density at radius 1 is 1.19 bits per heavy atom. The van der Waals surface area contributed by atoms with Crippen LogP contribution in [0.2, 0.25) is 0 Å². The Morgan fingerprint density at radius 2 is 2.04 bits per heavy atom.